The van der Waals surface area contributed by atoms with E-state index in [1.807, 2.05) is 35.7 Å². The highest BCUT2D eigenvalue weighted by molar-refractivity contribution is 9.10. The molecule has 0 radical (unpaired) electrons. The fourth-order valence-corrected chi connectivity index (χ4v) is 2.82. The van der Waals surface area contributed by atoms with E-state index in [4.69, 9.17) is 5.73 Å². The standard InChI is InChI=1S/C12H11BrN2OS/c13-10-5-6-17-11(10)12(16)15-7-8-1-3-9(14)4-2-8/h1-6H,7,14H2,(H,15,16). The van der Waals surface area contributed by atoms with Crippen molar-refractivity contribution in [3.05, 3.63) is 50.6 Å². The first-order chi connectivity index (χ1) is 8.16. The number of rotatable bonds is 3. The van der Waals surface area contributed by atoms with Crippen LogP contribution in [0.5, 0.6) is 0 Å². The Morgan fingerprint density at radius 3 is 2.59 bits per heavy atom. The number of carbonyl (C=O) groups excluding carboxylic acids is 1. The number of benzene rings is 1. The van der Waals surface area contributed by atoms with Gasteiger partial charge in [0.1, 0.15) is 4.88 Å². The first-order valence-electron chi connectivity index (χ1n) is 5.02. The minimum Gasteiger partial charge on any atom is -0.399 e. The zero-order valence-corrected chi connectivity index (χ0v) is 11.3. The third kappa shape index (κ3) is 3.08. The highest BCUT2D eigenvalue weighted by Crippen LogP contribution is 2.22. The number of nitrogen functional groups attached to an aromatic ring is 1. The number of hydrogen-bond donors (Lipinski definition) is 2. The van der Waals surface area contributed by atoms with Crippen LogP contribution >= 0.6 is 27.3 Å². The molecule has 3 N–H and O–H groups in total. The maximum atomic E-state index is 11.8. The quantitative estimate of drug-likeness (QED) is 0.856. The molecule has 0 saturated heterocycles. The Balaban J connectivity index is 1.97. The molecule has 1 heterocycles. The van der Waals surface area contributed by atoms with Crippen LogP contribution in [0, 0.1) is 0 Å². The lowest BCUT2D eigenvalue weighted by Crippen LogP contribution is -2.22. The summed E-state index contributed by atoms with van der Waals surface area (Å²) in [7, 11) is 0. The molecule has 0 bridgehead atoms. The predicted molar refractivity (Wildman–Crippen MR) is 74.0 cm³/mol. The molecule has 3 nitrogen and oxygen atoms in total. The summed E-state index contributed by atoms with van der Waals surface area (Å²) in [6.45, 7) is 0.503. The molecule has 0 aliphatic heterocycles. The molecule has 1 aromatic heterocycles. The number of amides is 1. The number of hydrogen-bond acceptors (Lipinski definition) is 3. The zero-order chi connectivity index (χ0) is 12.3. The van der Waals surface area contributed by atoms with E-state index >= 15 is 0 Å². The third-order valence-corrected chi connectivity index (χ3v) is 4.09. The Bertz CT molecular complexity index is 522. The van der Waals surface area contributed by atoms with Crippen molar-refractivity contribution in [2.75, 3.05) is 5.73 Å². The van der Waals surface area contributed by atoms with Crippen molar-refractivity contribution in [1.82, 2.24) is 5.32 Å². The van der Waals surface area contributed by atoms with E-state index in [9.17, 15) is 4.79 Å². The van der Waals surface area contributed by atoms with Gasteiger partial charge in [0.15, 0.2) is 0 Å². The molecule has 2 rings (SSSR count). The fraction of sp³-hybridized carbons (Fsp3) is 0.0833. The van der Waals surface area contributed by atoms with Gasteiger partial charge in [-0.1, -0.05) is 12.1 Å². The summed E-state index contributed by atoms with van der Waals surface area (Å²) in [5, 5.41) is 4.74. The highest BCUT2D eigenvalue weighted by atomic mass is 79.9. The Hall–Kier alpha value is -1.33. The SMILES string of the molecule is Nc1ccc(CNC(=O)c2sccc2Br)cc1. The topological polar surface area (TPSA) is 55.1 Å². The van der Waals surface area contributed by atoms with E-state index in [-0.39, 0.29) is 5.91 Å². The van der Waals surface area contributed by atoms with Gasteiger partial charge in [-0.05, 0) is 45.1 Å². The van der Waals surface area contributed by atoms with Crippen molar-refractivity contribution >= 4 is 38.9 Å². The maximum absolute atomic E-state index is 11.8. The average Bonchev–Trinajstić information content (AvgIpc) is 2.74. The van der Waals surface area contributed by atoms with Crippen molar-refractivity contribution < 1.29 is 4.79 Å². The van der Waals surface area contributed by atoms with Crippen LogP contribution < -0.4 is 11.1 Å². The van der Waals surface area contributed by atoms with Gasteiger partial charge in [0.2, 0.25) is 0 Å². The molecule has 0 unspecified atom stereocenters. The summed E-state index contributed by atoms with van der Waals surface area (Å²) in [5.41, 5.74) is 7.34. The predicted octanol–water partition coefficient (Wildman–Crippen LogP) is 3.02. The van der Waals surface area contributed by atoms with Gasteiger partial charge in [0.25, 0.3) is 5.91 Å². The largest absolute Gasteiger partial charge is 0.399 e. The highest BCUT2D eigenvalue weighted by Gasteiger charge is 2.10. The van der Waals surface area contributed by atoms with E-state index in [2.05, 4.69) is 21.2 Å². The second kappa shape index (κ2) is 5.33. The Morgan fingerprint density at radius 1 is 1.29 bits per heavy atom. The first-order valence-corrected chi connectivity index (χ1v) is 6.69. The summed E-state index contributed by atoms with van der Waals surface area (Å²) in [4.78, 5) is 12.5. The van der Waals surface area contributed by atoms with Gasteiger partial charge < -0.3 is 11.1 Å². The van der Waals surface area contributed by atoms with Gasteiger partial charge in [-0.25, -0.2) is 0 Å². The number of halogens is 1. The number of thiophene rings is 1. The van der Waals surface area contributed by atoms with Gasteiger partial charge >= 0.3 is 0 Å². The molecule has 2 aromatic rings. The van der Waals surface area contributed by atoms with E-state index in [1.165, 1.54) is 11.3 Å². The molecule has 0 aliphatic rings. The Morgan fingerprint density at radius 2 is 2.00 bits per heavy atom. The van der Waals surface area contributed by atoms with Crippen molar-refractivity contribution in [2.45, 2.75) is 6.54 Å². The molecule has 0 atom stereocenters. The number of carbonyl (C=O) groups is 1. The fourth-order valence-electron chi connectivity index (χ4n) is 1.35. The normalized spacial score (nSPS) is 10.2. The van der Waals surface area contributed by atoms with Gasteiger partial charge in [0, 0.05) is 16.7 Å². The van der Waals surface area contributed by atoms with Gasteiger partial charge in [-0.15, -0.1) is 11.3 Å². The lowest BCUT2D eigenvalue weighted by Gasteiger charge is -2.04. The molecular weight excluding hydrogens is 300 g/mol. The molecule has 5 heteroatoms. The summed E-state index contributed by atoms with van der Waals surface area (Å²) >= 11 is 4.75. The van der Waals surface area contributed by atoms with E-state index in [0.717, 1.165) is 15.7 Å². The van der Waals surface area contributed by atoms with Crippen molar-refractivity contribution in [3.63, 3.8) is 0 Å². The van der Waals surface area contributed by atoms with Crippen LogP contribution in [0.25, 0.3) is 0 Å². The van der Waals surface area contributed by atoms with Crippen molar-refractivity contribution in [2.24, 2.45) is 0 Å². The first kappa shape index (κ1) is 12.1. The van der Waals surface area contributed by atoms with Crippen molar-refractivity contribution in [3.8, 4) is 0 Å². The molecule has 1 amide bonds. The number of anilines is 1. The second-order valence-corrected chi connectivity index (χ2v) is 5.29. The summed E-state index contributed by atoms with van der Waals surface area (Å²) < 4.78 is 0.831. The minimum atomic E-state index is -0.0660. The third-order valence-electron chi connectivity index (χ3n) is 2.26. The minimum absolute atomic E-state index is 0.0660. The molecule has 0 aliphatic carbocycles. The average molecular weight is 311 g/mol. The van der Waals surface area contributed by atoms with Gasteiger partial charge in [0.05, 0.1) is 0 Å². The van der Waals surface area contributed by atoms with Crippen molar-refractivity contribution in [1.29, 1.82) is 0 Å². The maximum Gasteiger partial charge on any atom is 0.262 e. The molecule has 17 heavy (non-hydrogen) atoms. The van der Waals surface area contributed by atoms with Gasteiger partial charge in [-0.2, -0.15) is 0 Å². The van der Waals surface area contributed by atoms with Crippen LogP contribution in [0.15, 0.2) is 40.2 Å². The molecule has 0 saturated carbocycles. The monoisotopic (exact) mass is 310 g/mol. The lowest BCUT2D eigenvalue weighted by atomic mass is 10.2. The second-order valence-electron chi connectivity index (χ2n) is 3.52. The summed E-state index contributed by atoms with van der Waals surface area (Å²) in [6.07, 6.45) is 0. The van der Waals surface area contributed by atoms with Crippen LogP contribution in [0.4, 0.5) is 5.69 Å². The van der Waals surface area contributed by atoms with Crippen LogP contribution in [0.2, 0.25) is 0 Å². The Kier molecular flexibility index (Phi) is 3.81. The van der Waals surface area contributed by atoms with E-state index < -0.39 is 0 Å². The van der Waals surface area contributed by atoms with Gasteiger partial charge in [-0.3, -0.25) is 4.79 Å². The summed E-state index contributed by atoms with van der Waals surface area (Å²) in [5.74, 6) is -0.0660. The zero-order valence-electron chi connectivity index (χ0n) is 8.94. The van der Waals surface area contributed by atoms with Crippen LogP contribution in [0.3, 0.4) is 0 Å². The molecule has 88 valence electrons. The molecule has 0 fully saturated rings. The Labute approximate surface area is 112 Å². The van der Waals surface area contributed by atoms with E-state index in [0.29, 0.717) is 11.4 Å². The summed E-state index contributed by atoms with van der Waals surface area (Å²) in [6, 6.07) is 9.31. The smallest absolute Gasteiger partial charge is 0.262 e. The number of nitrogens with one attached hydrogen (secondary N) is 1. The molecular formula is C12H11BrN2OS. The van der Waals surface area contributed by atoms with Crippen LogP contribution in [0.1, 0.15) is 15.2 Å². The number of nitrogens with two attached hydrogens (primary N) is 1. The molecule has 0 spiro atoms. The molecule has 1 aromatic carbocycles. The van der Waals surface area contributed by atoms with E-state index in [1.54, 1.807) is 0 Å². The van der Waals surface area contributed by atoms with Crippen LogP contribution in [-0.4, -0.2) is 5.91 Å². The van der Waals surface area contributed by atoms with Crippen LogP contribution in [-0.2, 0) is 6.54 Å². The lowest BCUT2D eigenvalue weighted by molar-refractivity contribution is 0.0954.